The minimum absolute atomic E-state index is 0.00102. The Kier molecular flexibility index (Phi) is 4.28. The lowest BCUT2D eigenvalue weighted by atomic mass is 9.97. The maximum Gasteiger partial charge on any atom is 0.312 e. The van der Waals surface area contributed by atoms with Gasteiger partial charge in [0.25, 0.3) is 0 Å². The van der Waals surface area contributed by atoms with Crippen molar-refractivity contribution in [2.45, 2.75) is 39.0 Å². The first-order valence-electron chi connectivity index (χ1n) is 6.58. The van der Waals surface area contributed by atoms with Gasteiger partial charge in [-0.25, -0.2) is 0 Å². The Bertz CT molecular complexity index is 407. The molecule has 18 heavy (non-hydrogen) atoms. The summed E-state index contributed by atoms with van der Waals surface area (Å²) in [4.78, 5) is 11.8. The van der Waals surface area contributed by atoms with Crippen molar-refractivity contribution in [1.29, 1.82) is 0 Å². The second-order valence-electron chi connectivity index (χ2n) is 4.98. The summed E-state index contributed by atoms with van der Waals surface area (Å²) in [5, 5.41) is 0.768. The number of carbonyl (C=O) groups is 1. The summed E-state index contributed by atoms with van der Waals surface area (Å²) in [7, 11) is 0. The Morgan fingerprint density at radius 1 is 1.33 bits per heavy atom. The number of rotatable bonds is 6. The van der Waals surface area contributed by atoms with Gasteiger partial charge in [0.15, 0.2) is 0 Å². The fourth-order valence-electron chi connectivity index (χ4n) is 2.27. The summed E-state index contributed by atoms with van der Waals surface area (Å²) in [6.07, 6.45) is 4.95. The molecule has 0 aliphatic heterocycles. The Morgan fingerprint density at radius 3 is 2.56 bits per heavy atom. The first-order chi connectivity index (χ1) is 8.66. The number of ether oxygens (including phenoxy) is 1. The van der Waals surface area contributed by atoms with Gasteiger partial charge in [0.1, 0.15) is 0 Å². The van der Waals surface area contributed by atoms with Crippen LogP contribution < -0.4 is 0 Å². The molecule has 1 aliphatic carbocycles. The number of hydrogen-bond donors (Lipinski definition) is 0. The second kappa shape index (κ2) is 5.75. The predicted octanol–water partition coefficient (Wildman–Crippen LogP) is 4.01. The highest BCUT2D eigenvalue weighted by atomic mass is 35.5. The molecule has 0 N–H and O–H groups in total. The summed E-state index contributed by atoms with van der Waals surface area (Å²) in [5.41, 5.74) is 1.13. The van der Waals surface area contributed by atoms with Crippen LogP contribution in [0.4, 0.5) is 0 Å². The van der Waals surface area contributed by atoms with Crippen LogP contribution in [0.25, 0.3) is 0 Å². The third-order valence-electron chi connectivity index (χ3n) is 3.60. The SMILES string of the molecule is CCOC(=O)C1(CCCc2ccc(Cl)cc2)CC1. The predicted molar refractivity (Wildman–Crippen MR) is 72.7 cm³/mol. The first-order valence-corrected chi connectivity index (χ1v) is 6.96. The van der Waals surface area contributed by atoms with Gasteiger partial charge in [0.05, 0.1) is 12.0 Å². The minimum atomic E-state index is -0.150. The zero-order chi connectivity index (χ0) is 13.0. The average molecular weight is 267 g/mol. The van der Waals surface area contributed by atoms with E-state index in [9.17, 15) is 4.79 Å². The molecule has 0 saturated heterocycles. The lowest BCUT2D eigenvalue weighted by molar-refractivity contribution is -0.150. The molecule has 1 aromatic rings. The summed E-state index contributed by atoms with van der Waals surface area (Å²) in [6, 6.07) is 7.92. The lowest BCUT2D eigenvalue weighted by Gasteiger charge is -2.13. The molecule has 1 aliphatic rings. The molecule has 1 fully saturated rings. The molecule has 2 nitrogen and oxygen atoms in total. The fourth-order valence-corrected chi connectivity index (χ4v) is 2.40. The van der Waals surface area contributed by atoms with Gasteiger partial charge >= 0.3 is 5.97 Å². The second-order valence-corrected chi connectivity index (χ2v) is 5.42. The maximum atomic E-state index is 11.8. The zero-order valence-electron chi connectivity index (χ0n) is 10.7. The van der Waals surface area contributed by atoms with E-state index in [-0.39, 0.29) is 11.4 Å². The first kappa shape index (κ1) is 13.4. The molecule has 0 bridgehead atoms. The Morgan fingerprint density at radius 2 is 2.00 bits per heavy atom. The average Bonchev–Trinajstić information content (AvgIpc) is 3.13. The molecule has 0 amide bonds. The van der Waals surface area contributed by atoms with Crippen LogP contribution in [0.5, 0.6) is 0 Å². The van der Waals surface area contributed by atoms with Gasteiger partial charge in [0.2, 0.25) is 0 Å². The Hall–Kier alpha value is -1.02. The van der Waals surface area contributed by atoms with E-state index in [0.717, 1.165) is 37.1 Å². The van der Waals surface area contributed by atoms with E-state index in [1.807, 2.05) is 31.2 Å². The van der Waals surface area contributed by atoms with Crippen molar-refractivity contribution in [2.75, 3.05) is 6.61 Å². The quantitative estimate of drug-likeness (QED) is 0.728. The van der Waals surface area contributed by atoms with Gasteiger partial charge in [-0.1, -0.05) is 23.7 Å². The lowest BCUT2D eigenvalue weighted by Crippen LogP contribution is -2.19. The number of carbonyl (C=O) groups excluding carboxylic acids is 1. The summed E-state index contributed by atoms with van der Waals surface area (Å²) in [6.45, 7) is 2.35. The molecular formula is C15H19ClO2. The van der Waals surface area contributed by atoms with E-state index in [1.54, 1.807) is 0 Å². The Balaban J connectivity index is 1.78. The van der Waals surface area contributed by atoms with Crippen LogP contribution in [0.3, 0.4) is 0 Å². The number of halogens is 1. The van der Waals surface area contributed by atoms with Gasteiger partial charge in [-0.05, 0) is 56.7 Å². The van der Waals surface area contributed by atoms with E-state index < -0.39 is 0 Å². The van der Waals surface area contributed by atoms with Crippen LogP contribution in [-0.4, -0.2) is 12.6 Å². The number of esters is 1. The van der Waals surface area contributed by atoms with Gasteiger partial charge in [-0.15, -0.1) is 0 Å². The zero-order valence-corrected chi connectivity index (χ0v) is 11.5. The van der Waals surface area contributed by atoms with Crippen LogP contribution >= 0.6 is 11.6 Å². The summed E-state index contributed by atoms with van der Waals surface area (Å²) in [5.74, 6) is 0.00102. The smallest absolute Gasteiger partial charge is 0.312 e. The van der Waals surface area contributed by atoms with E-state index >= 15 is 0 Å². The van der Waals surface area contributed by atoms with Crippen LogP contribution in [0.2, 0.25) is 5.02 Å². The monoisotopic (exact) mass is 266 g/mol. The largest absolute Gasteiger partial charge is 0.466 e. The van der Waals surface area contributed by atoms with Gasteiger partial charge < -0.3 is 4.74 Å². The molecule has 0 atom stereocenters. The molecular weight excluding hydrogens is 248 g/mol. The summed E-state index contributed by atoms with van der Waals surface area (Å²) >= 11 is 5.84. The highest BCUT2D eigenvalue weighted by Gasteiger charge is 2.50. The molecule has 98 valence electrons. The standard InChI is InChI=1S/C15H19ClO2/c1-2-18-14(17)15(10-11-15)9-3-4-12-5-7-13(16)8-6-12/h5-8H,2-4,9-11H2,1H3. The van der Waals surface area contributed by atoms with E-state index in [0.29, 0.717) is 6.61 Å². The molecule has 0 spiro atoms. The van der Waals surface area contributed by atoms with E-state index in [1.165, 1.54) is 5.56 Å². The molecule has 1 saturated carbocycles. The molecule has 0 radical (unpaired) electrons. The molecule has 0 aromatic heterocycles. The number of benzene rings is 1. The Labute approximate surface area is 113 Å². The van der Waals surface area contributed by atoms with Crippen LogP contribution in [0.15, 0.2) is 24.3 Å². The van der Waals surface area contributed by atoms with Crippen molar-refractivity contribution in [3.63, 3.8) is 0 Å². The van der Waals surface area contributed by atoms with Crippen molar-refractivity contribution < 1.29 is 9.53 Å². The fraction of sp³-hybridized carbons (Fsp3) is 0.533. The highest BCUT2D eigenvalue weighted by Crippen LogP contribution is 2.50. The van der Waals surface area contributed by atoms with Crippen LogP contribution in [0.1, 0.15) is 38.2 Å². The van der Waals surface area contributed by atoms with Crippen molar-refractivity contribution in [3.8, 4) is 0 Å². The third kappa shape index (κ3) is 3.26. The number of aryl methyl sites for hydroxylation is 1. The third-order valence-corrected chi connectivity index (χ3v) is 3.85. The molecule has 1 aromatic carbocycles. The van der Waals surface area contributed by atoms with Crippen molar-refractivity contribution in [2.24, 2.45) is 5.41 Å². The van der Waals surface area contributed by atoms with E-state index in [2.05, 4.69) is 0 Å². The van der Waals surface area contributed by atoms with Crippen molar-refractivity contribution in [3.05, 3.63) is 34.9 Å². The van der Waals surface area contributed by atoms with Gasteiger partial charge in [-0.3, -0.25) is 4.79 Å². The van der Waals surface area contributed by atoms with Crippen molar-refractivity contribution in [1.82, 2.24) is 0 Å². The molecule has 2 rings (SSSR count). The maximum absolute atomic E-state index is 11.8. The van der Waals surface area contributed by atoms with Gasteiger partial charge in [-0.2, -0.15) is 0 Å². The normalized spacial score (nSPS) is 16.3. The number of hydrogen-bond acceptors (Lipinski definition) is 2. The topological polar surface area (TPSA) is 26.3 Å². The van der Waals surface area contributed by atoms with Crippen LogP contribution in [0, 0.1) is 5.41 Å². The summed E-state index contributed by atoms with van der Waals surface area (Å²) < 4.78 is 5.13. The molecule has 0 unspecified atom stereocenters. The van der Waals surface area contributed by atoms with Crippen molar-refractivity contribution >= 4 is 17.6 Å². The molecule has 3 heteroatoms. The highest BCUT2D eigenvalue weighted by molar-refractivity contribution is 6.30. The van der Waals surface area contributed by atoms with Gasteiger partial charge in [0, 0.05) is 5.02 Å². The minimum Gasteiger partial charge on any atom is -0.466 e. The van der Waals surface area contributed by atoms with E-state index in [4.69, 9.17) is 16.3 Å². The van der Waals surface area contributed by atoms with Crippen LogP contribution in [-0.2, 0) is 16.0 Å². The molecule has 0 heterocycles.